The van der Waals surface area contributed by atoms with Crippen LogP contribution in [-0.4, -0.2) is 36.2 Å². The monoisotopic (exact) mass is 249 g/mol. The van der Waals surface area contributed by atoms with E-state index in [4.69, 9.17) is 4.74 Å². The lowest BCUT2D eigenvalue weighted by Crippen LogP contribution is -2.39. The van der Waals surface area contributed by atoms with Crippen LogP contribution in [0.2, 0.25) is 0 Å². The first kappa shape index (κ1) is 13.4. The Morgan fingerprint density at radius 3 is 2.50 bits per heavy atom. The van der Waals surface area contributed by atoms with Gasteiger partial charge in [-0.2, -0.15) is 0 Å². The van der Waals surface area contributed by atoms with Crippen molar-refractivity contribution in [3.05, 3.63) is 29.8 Å². The fraction of sp³-hybridized carbons (Fsp3) is 0.600. The highest BCUT2D eigenvalue weighted by Gasteiger charge is 2.23. The molecule has 0 saturated heterocycles. The maximum atomic E-state index is 10.2. The summed E-state index contributed by atoms with van der Waals surface area (Å²) < 4.78 is 5.39. The number of nitrogens with zero attached hydrogens (tertiary/aromatic N) is 1. The first-order chi connectivity index (χ1) is 8.70. The van der Waals surface area contributed by atoms with Gasteiger partial charge in [-0.1, -0.05) is 18.6 Å². The molecule has 0 spiro atoms. The molecule has 1 aliphatic rings. The first-order valence-corrected chi connectivity index (χ1v) is 6.81. The van der Waals surface area contributed by atoms with Crippen molar-refractivity contribution in [2.24, 2.45) is 0 Å². The SMILES string of the molecule is CCOc1ccc(C(O)CN(C)C2CCC2)cc1. The van der Waals surface area contributed by atoms with Gasteiger partial charge >= 0.3 is 0 Å². The summed E-state index contributed by atoms with van der Waals surface area (Å²) in [7, 11) is 2.10. The van der Waals surface area contributed by atoms with Gasteiger partial charge < -0.3 is 14.7 Å². The fourth-order valence-electron chi connectivity index (χ4n) is 2.31. The van der Waals surface area contributed by atoms with Crippen molar-refractivity contribution in [2.45, 2.75) is 38.3 Å². The van der Waals surface area contributed by atoms with Crippen molar-refractivity contribution < 1.29 is 9.84 Å². The Bertz CT molecular complexity index is 359. The van der Waals surface area contributed by atoms with Crippen LogP contribution in [0.5, 0.6) is 5.75 Å². The highest BCUT2D eigenvalue weighted by molar-refractivity contribution is 5.28. The van der Waals surface area contributed by atoms with Gasteiger partial charge in [0.2, 0.25) is 0 Å². The van der Waals surface area contributed by atoms with Gasteiger partial charge in [0.05, 0.1) is 12.7 Å². The summed E-state index contributed by atoms with van der Waals surface area (Å²) >= 11 is 0. The predicted molar refractivity (Wildman–Crippen MR) is 72.8 cm³/mol. The zero-order valence-corrected chi connectivity index (χ0v) is 11.3. The minimum atomic E-state index is -0.411. The van der Waals surface area contributed by atoms with Crippen molar-refractivity contribution in [3.8, 4) is 5.75 Å². The molecule has 0 bridgehead atoms. The van der Waals surface area contributed by atoms with Gasteiger partial charge in [0, 0.05) is 12.6 Å². The van der Waals surface area contributed by atoms with Gasteiger partial charge in [-0.15, -0.1) is 0 Å². The van der Waals surface area contributed by atoms with Crippen LogP contribution in [-0.2, 0) is 0 Å². The molecule has 1 aliphatic carbocycles. The second-order valence-electron chi connectivity index (χ2n) is 5.04. The van der Waals surface area contributed by atoms with E-state index < -0.39 is 6.10 Å². The highest BCUT2D eigenvalue weighted by atomic mass is 16.5. The summed E-state index contributed by atoms with van der Waals surface area (Å²) in [6.45, 7) is 3.35. The van der Waals surface area contributed by atoms with Gasteiger partial charge in [-0.3, -0.25) is 0 Å². The molecule has 3 heteroatoms. The van der Waals surface area contributed by atoms with E-state index in [2.05, 4.69) is 11.9 Å². The third kappa shape index (κ3) is 3.24. The average Bonchev–Trinajstić information content (AvgIpc) is 2.27. The van der Waals surface area contributed by atoms with Crippen LogP contribution in [0, 0.1) is 0 Å². The number of aliphatic hydroxyl groups is 1. The summed E-state index contributed by atoms with van der Waals surface area (Å²) in [5.41, 5.74) is 0.963. The standard InChI is InChI=1S/C15H23NO2/c1-3-18-14-9-7-12(8-10-14)15(17)11-16(2)13-5-4-6-13/h7-10,13,15,17H,3-6,11H2,1-2H3. The molecule has 0 radical (unpaired) electrons. The van der Waals surface area contributed by atoms with E-state index >= 15 is 0 Å². The van der Waals surface area contributed by atoms with E-state index in [0.29, 0.717) is 19.2 Å². The van der Waals surface area contributed by atoms with E-state index in [9.17, 15) is 5.11 Å². The molecule has 0 aliphatic heterocycles. The van der Waals surface area contributed by atoms with Crippen LogP contribution in [0.1, 0.15) is 37.9 Å². The number of likely N-dealkylation sites (N-methyl/N-ethyl adjacent to an activating group) is 1. The second kappa shape index (κ2) is 6.21. The molecule has 3 nitrogen and oxygen atoms in total. The Kier molecular flexibility index (Phi) is 4.61. The zero-order valence-electron chi connectivity index (χ0n) is 11.3. The largest absolute Gasteiger partial charge is 0.494 e. The number of hydrogen-bond acceptors (Lipinski definition) is 3. The third-order valence-corrected chi connectivity index (χ3v) is 3.73. The topological polar surface area (TPSA) is 32.7 Å². The molecule has 0 amide bonds. The molecular formula is C15H23NO2. The van der Waals surface area contributed by atoms with E-state index in [1.807, 2.05) is 31.2 Å². The summed E-state index contributed by atoms with van der Waals surface area (Å²) in [4.78, 5) is 2.27. The quantitative estimate of drug-likeness (QED) is 0.841. The molecule has 2 rings (SSSR count). The van der Waals surface area contributed by atoms with Crippen LogP contribution < -0.4 is 4.74 Å². The van der Waals surface area contributed by atoms with E-state index in [1.165, 1.54) is 19.3 Å². The number of ether oxygens (including phenoxy) is 1. The second-order valence-corrected chi connectivity index (χ2v) is 5.04. The van der Waals surface area contributed by atoms with E-state index in [0.717, 1.165) is 11.3 Å². The van der Waals surface area contributed by atoms with Gasteiger partial charge in [0.25, 0.3) is 0 Å². The molecule has 18 heavy (non-hydrogen) atoms. The molecule has 1 unspecified atom stereocenters. The summed E-state index contributed by atoms with van der Waals surface area (Å²) in [6.07, 6.45) is 3.46. The first-order valence-electron chi connectivity index (χ1n) is 6.81. The van der Waals surface area contributed by atoms with Gasteiger partial charge in [0.15, 0.2) is 0 Å². The van der Waals surface area contributed by atoms with Crippen molar-refractivity contribution in [1.82, 2.24) is 4.90 Å². The maximum absolute atomic E-state index is 10.2. The maximum Gasteiger partial charge on any atom is 0.119 e. The molecule has 1 N–H and O–H groups in total. The molecule has 1 saturated carbocycles. The van der Waals surface area contributed by atoms with Gasteiger partial charge in [-0.25, -0.2) is 0 Å². The van der Waals surface area contributed by atoms with Crippen molar-refractivity contribution >= 4 is 0 Å². The van der Waals surface area contributed by atoms with E-state index in [1.54, 1.807) is 0 Å². The van der Waals surface area contributed by atoms with Crippen molar-refractivity contribution in [1.29, 1.82) is 0 Å². The number of aliphatic hydroxyl groups excluding tert-OH is 1. The summed E-state index contributed by atoms with van der Waals surface area (Å²) in [5, 5.41) is 10.2. The van der Waals surface area contributed by atoms with Crippen molar-refractivity contribution in [3.63, 3.8) is 0 Å². The van der Waals surface area contributed by atoms with Crippen LogP contribution in [0.15, 0.2) is 24.3 Å². The molecular weight excluding hydrogens is 226 g/mol. The molecule has 0 aromatic heterocycles. The van der Waals surface area contributed by atoms with Crippen LogP contribution in [0.4, 0.5) is 0 Å². The summed E-state index contributed by atoms with van der Waals surface area (Å²) in [5.74, 6) is 0.862. The Hall–Kier alpha value is -1.06. The summed E-state index contributed by atoms with van der Waals surface area (Å²) in [6, 6.07) is 8.41. The molecule has 1 fully saturated rings. The van der Waals surface area contributed by atoms with Crippen LogP contribution >= 0.6 is 0 Å². The lowest BCUT2D eigenvalue weighted by molar-refractivity contribution is 0.0776. The lowest BCUT2D eigenvalue weighted by Gasteiger charge is -2.35. The molecule has 1 aromatic carbocycles. The van der Waals surface area contributed by atoms with Gasteiger partial charge in [0.1, 0.15) is 5.75 Å². The molecule has 1 atom stereocenters. The van der Waals surface area contributed by atoms with E-state index in [-0.39, 0.29) is 0 Å². The Morgan fingerprint density at radius 1 is 1.33 bits per heavy atom. The lowest BCUT2D eigenvalue weighted by atomic mass is 9.91. The van der Waals surface area contributed by atoms with Gasteiger partial charge in [-0.05, 0) is 44.5 Å². The predicted octanol–water partition coefficient (Wildman–Crippen LogP) is 2.60. The minimum Gasteiger partial charge on any atom is -0.494 e. The number of rotatable bonds is 6. The minimum absolute atomic E-state index is 0.411. The number of hydrogen-bond donors (Lipinski definition) is 1. The van der Waals surface area contributed by atoms with Crippen LogP contribution in [0.3, 0.4) is 0 Å². The zero-order chi connectivity index (χ0) is 13.0. The molecule has 0 heterocycles. The highest BCUT2D eigenvalue weighted by Crippen LogP contribution is 2.26. The van der Waals surface area contributed by atoms with Crippen molar-refractivity contribution in [2.75, 3.05) is 20.2 Å². The average molecular weight is 249 g/mol. The Labute approximate surface area is 109 Å². The van der Waals surface area contributed by atoms with Crippen LogP contribution in [0.25, 0.3) is 0 Å². The Morgan fingerprint density at radius 2 is 2.00 bits per heavy atom. The third-order valence-electron chi connectivity index (χ3n) is 3.73. The Balaban J connectivity index is 1.89. The number of benzene rings is 1. The smallest absolute Gasteiger partial charge is 0.119 e. The molecule has 100 valence electrons. The normalized spacial score (nSPS) is 17.6. The molecule has 1 aromatic rings. The fourth-order valence-corrected chi connectivity index (χ4v) is 2.31.